The van der Waals surface area contributed by atoms with Gasteiger partial charge in [-0.2, -0.15) is 0 Å². The fourth-order valence-corrected chi connectivity index (χ4v) is 5.93. The maximum atomic E-state index is 6.40. The van der Waals surface area contributed by atoms with Crippen molar-refractivity contribution >= 4 is 19.4 Å². The van der Waals surface area contributed by atoms with Gasteiger partial charge in [-0.3, -0.25) is 0 Å². The van der Waals surface area contributed by atoms with E-state index in [1.54, 1.807) is 0 Å². The Bertz CT molecular complexity index is 842. The molecule has 150 valence electrons. The van der Waals surface area contributed by atoms with Crippen molar-refractivity contribution in [2.45, 2.75) is 30.2 Å². The first kappa shape index (κ1) is 20.3. The van der Waals surface area contributed by atoms with Gasteiger partial charge in [-0.05, 0) is 0 Å². The average Bonchev–Trinajstić information content (AvgIpc) is 3.16. The molecule has 4 rings (SSSR count). The summed E-state index contributed by atoms with van der Waals surface area (Å²) in [5.41, 5.74) is 2.37. The Hall–Kier alpha value is -1.94. The third-order valence-electron chi connectivity index (χ3n) is 4.92. The van der Waals surface area contributed by atoms with Crippen molar-refractivity contribution in [1.29, 1.82) is 0 Å². The van der Waals surface area contributed by atoms with Gasteiger partial charge < -0.3 is 0 Å². The van der Waals surface area contributed by atoms with Gasteiger partial charge in [0.2, 0.25) is 0 Å². The van der Waals surface area contributed by atoms with Gasteiger partial charge in [0.05, 0.1) is 0 Å². The zero-order chi connectivity index (χ0) is 19.7. The molecule has 3 atom stereocenters. The van der Waals surface area contributed by atoms with Gasteiger partial charge >= 0.3 is 179 Å². The molecule has 1 fully saturated rings. The normalized spacial score (nSPS) is 21.3. The zero-order valence-corrected chi connectivity index (χ0v) is 18.1. The van der Waals surface area contributed by atoms with E-state index in [0.717, 1.165) is 6.61 Å². The molecule has 0 spiro atoms. The Kier molecular flexibility index (Phi) is 7.52. The number of hydrogen-bond donors (Lipinski definition) is 0. The van der Waals surface area contributed by atoms with Crippen LogP contribution in [0.25, 0.3) is 0 Å². The average molecular weight is 453 g/mol. The molecular formula is C25H26O3Se. The van der Waals surface area contributed by atoms with Gasteiger partial charge in [0, 0.05) is 0 Å². The van der Waals surface area contributed by atoms with Crippen molar-refractivity contribution < 1.29 is 14.2 Å². The SMILES string of the molecule is c1ccc(COC[C@H]2OC[C@@H]([Se]c3ccccc3)[C@H]2OCc2ccccc2)cc1. The summed E-state index contributed by atoms with van der Waals surface area (Å²) in [5.74, 6) is 0. The minimum absolute atomic E-state index is 0.0296. The van der Waals surface area contributed by atoms with E-state index in [1.807, 2.05) is 24.3 Å². The van der Waals surface area contributed by atoms with Crippen LogP contribution in [0, 0.1) is 0 Å². The van der Waals surface area contributed by atoms with Crippen molar-refractivity contribution in [1.82, 2.24) is 0 Å². The van der Waals surface area contributed by atoms with E-state index in [4.69, 9.17) is 14.2 Å². The minimum atomic E-state index is -0.0296. The monoisotopic (exact) mass is 454 g/mol. The molecule has 0 radical (unpaired) electrons. The summed E-state index contributed by atoms with van der Waals surface area (Å²) in [7, 11) is 0. The topological polar surface area (TPSA) is 27.7 Å². The molecule has 3 aromatic carbocycles. The molecule has 4 heteroatoms. The molecule has 0 amide bonds. The van der Waals surface area contributed by atoms with Gasteiger partial charge in [-0.25, -0.2) is 0 Å². The second-order valence-corrected chi connectivity index (χ2v) is 9.86. The Morgan fingerprint density at radius 1 is 0.759 bits per heavy atom. The molecule has 29 heavy (non-hydrogen) atoms. The molecule has 0 aliphatic carbocycles. The summed E-state index contributed by atoms with van der Waals surface area (Å²) in [5, 5.41) is 0. The second kappa shape index (κ2) is 10.7. The van der Waals surface area contributed by atoms with Crippen LogP contribution in [0.1, 0.15) is 11.1 Å². The molecular weight excluding hydrogens is 427 g/mol. The van der Waals surface area contributed by atoms with Crippen LogP contribution in [-0.4, -0.2) is 40.4 Å². The standard InChI is InChI=1S/C25H26O3Se/c1-4-10-20(11-5-1)16-26-18-23-25(28-17-21-12-6-2-7-13-21)24(19-27-23)29-22-14-8-3-9-15-22/h1-15,23-25H,16-19H2/t23-,24-,25+/m1/s1. The van der Waals surface area contributed by atoms with E-state index in [1.165, 1.54) is 15.6 Å². The van der Waals surface area contributed by atoms with Crippen LogP contribution in [-0.2, 0) is 27.4 Å². The van der Waals surface area contributed by atoms with E-state index in [9.17, 15) is 0 Å². The predicted octanol–water partition coefficient (Wildman–Crippen LogP) is 4.01. The van der Waals surface area contributed by atoms with E-state index >= 15 is 0 Å². The third-order valence-corrected chi connectivity index (χ3v) is 7.54. The Morgan fingerprint density at radius 3 is 2.00 bits per heavy atom. The fourth-order valence-electron chi connectivity index (χ4n) is 3.41. The number of ether oxygens (including phenoxy) is 3. The van der Waals surface area contributed by atoms with Gasteiger partial charge in [0.25, 0.3) is 0 Å². The molecule has 0 unspecified atom stereocenters. The molecule has 1 aliphatic heterocycles. The molecule has 3 nitrogen and oxygen atoms in total. The molecule has 0 saturated carbocycles. The Morgan fingerprint density at radius 2 is 1.34 bits per heavy atom. The van der Waals surface area contributed by atoms with E-state index in [0.29, 0.717) is 39.6 Å². The van der Waals surface area contributed by atoms with Crippen molar-refractivity contribution in [2.24, 2.45) is 0 Å². The second-order valence-electron chi connectivity index (χ2n) is 7.10. The van der Waals surface area contributed by atoms with Crippen LogP contribution in [0.3, 0.4) is 0 Å². The molecule has 1 saturated heterocycles. The summed E-state index contributed by atoms with van der Waals surface area (Å²) in [6.07, 6.45) is 0.0178. The number of hydrogen-bond acceptors (Lipinski definition) is 3. The Labute approximate surface area is 179 Å². The Balaban J connectivity index is 1.38. The number of rotatable bonds is 9. The van der Waals surface area contributed by atoms with E-state index in [-0.39, 0.29) is 12.2 Å². The summed E-state index contributed by atoms with van der Waals surface area (Å²) in [4.78, 5) is 0.388. The predicted molar refractivity (Wildman–Crippen MR) is 116 cm³/mol. The summed E-state index contributed by atoms with van der Waals surface area (Å²) >= 11 is 0.302. The fraction of sp³-hybridized carbons (Fsp3) is 0.280. The van der Waals surface area contributed by atoms with Crippen LogP contribution in [0.15, 0.2) is 91.0 Å². The van der Waals surface area contributed by atoms with Crippen molar-refractivity contribution in [3.8, 4) is 0 Å². The summed E-state index contributed by atoms with van der Waals surface area (Å²) in [6, 6.07) is 31.3. The number of benzene rings is 3. The van der Waals surface area contributed by atoms with Gasteiger partial charge in [-0.15, -0.1) is 0 Å². The zero-order valence-electron chi connectivity index (χ0n) is 16.4. The summed E-state index contributed by atoms with van der Waals surface area (Å²) in [6.45, 7) is 2.48. The molecule has 0 bridgehead atoms. The summed E-state index contributed by atoms with van der Waals surface area (Å²) < 4.78 is 19.9. The van der Waals surface area contributed by atoms with Crippen LogP contribution in [0.5, 0.6) is 0 Å². The van der Waals surface area contributed by atoms with Crippen LogP contribution >= 0.6 is 0 Å². The van der Waals surface area contributed by atoms with Crippen LogP contribution < -0.4 is 4.46 Å². The van der Waals surface area contributed by atoms with Gasteiger partial charge in [-0.1, -0.05) is 0 Å². The van der Waals surface area contributed by atoms with Crippen molar-refractivity contribution in [2.75, 3.05) is 13.2 Å². The molecule has 1 heterocycles. The van der Waals surface area contributed by atoms with E-state index in [2.05, 4.69) is 66.7 Å². The quantitative estimate of drug-likeness (QED) is 0.459. The first-order valence-corrected chi connectivity index (χ1v) is 11.8. The molecule has 0 N–H and O–H groups in total. The van der Waals surface area contributed by atoms with Gasteiger partial charge in [0.1, 0.15) is 0 Å². The van der Waals surface area contributed by atoms with Crippen molar-refractivity contribution in [3.63, 3.8) is 0 Å². The van der Waals surface area contributed by atoms with Crippen molar-refractivity contribution in [3.05, 3.63) is 102 Å². The third kappa shape index (κ3) is 6.02. The first-order chi connectivity index (χ1) is 14.4. The maximum absolute atomic E-state index is 6.40. The van der Waals surface area contributed by atoms with Crippen LogP contribution in [0.4, 0.5) is 0 Å². The first-order valence-electron chi connectivity index (χ1n) is 9.99. The van der Waals surface area contributed by atoms with Crippen LogP contribution in [0.2, 0.25) is 4.82 Å². The molecule has 1 aliphatic rings. The molecule has 0 aromatic heterocycles. The van der Waals surface area contributed by atoms with E-state index < -0.39 is 0 Å². The molecule has 3 aromatic rings. The van der Waals surface area contributed by atoms with Gasteiger partial charge in [0.15, 0.2) is 0 Å².